The first-order chi connectivity index (χ1) is 11.8. The molecule has 3 rings (SSSR count). The number of rotatable bonds is 4. The molecule has 1 aromatic carbocycles. The highest BCUT2D eigenvalue weighted by Gasteiger charge is 2.34. The van der Waals surface area contributed by atoms with Gasteiger partial charge in [-0.25, -0.2) is 8.42 Å². The van der Waals surface area contributed by atoms with Crippen molar-refractivity contribution in [1.29, 1.82) is 0 Å². The van der Waals surface area contributed by atoms with E-state index < -0.39 is 28.9 Å². The van der Waals surface area contributed by atoms with Gasteiger partial charge in [0.1, 0.15) is 6.61 Å². The van der Waals surface area contributed by atoms with Crippen molar-refractivity contribution < 1.29 is 26.3 Å². The molecule has 1 saturated heterocycles. The predicted octanol–water partition coefficient (Wildman–Crippen LogP) is 2.97. The van der Waals surface area contributed by atoms with Gasteiger partial charge in [-0.3, -0.25) is 4.98 Å². The van der Waals surface area contributed by atoms with Crippen LogP contribution in [0.2, 0.25) is 0 Å². The minimum absolute atomic E-state index is 0.0834. The summed E-state index contributed by atoms with van der Waals surface area (Å²) in [6.07, 6.45) is -1.26. The predicted molar refractivity (Wildman–Crippen MR) is 85.5 cm³/mol. The number of hydrogen-bond donors (Lipinski definition) is 0. The molecule has 0 spiro atoms. The SMILES string of the molecule is O=S(=O)(c1cccc2cnccc12)N1CCCC(OCC(F)(F)F)C1. The minimum Gasteiger partial charge on any atom is -0.367 e. The summed E-state index contributed by atoms with van der Waals surface area (Å²) in [5, 5.41) is 1.22. The van der Waals surface area contributed by atoms with Crippen LogP contribution in [-0.2, 0) is 14.8 Å². The number of alkyl halides is 3. The summed E-state index contributed by atoms with van der Waals surface area (Å²) < 4.78 is 69.0. The molecule has 5 nitrogen and oxygen atoms in total. The Labute approximate surface area is 143 Å². The van der Waals surface area contributed by atoms with Crippen molar-refractivity contribution in [3.05, 3.63) is 36.7 Å². The second-order valence-electron chi connectivity index (χ2n) is 5.91. The first-order valence-corrected chi connectivity index (χ1v) is 9.23. The van der Waals surface area contributed by atoms with Gasteiger partial charge in [-0.2, -0.15) is 17.5 Å². The standard InChI is InChI=1S/C16H17F3N2O3S/c17-16(18,19)11-24-13-4-2-8-21(10-13)25(22,23)15-5-1-3-12-9-20-7-6-14(12)15/h1,3,5-7,9,13H,2,4,8,10-11H2. The molecule has 0 amide bonds. The van der Waals surface area contributed by atoms with E-state index in [1.165, 1.54) is 16.6 Å². The maximum absolute atomic E-state index is 13.0. The molecule has 0 saturated carbocycles. The Morgan fingerprint density at radius 2 is 2.08 bits per heavy atom. The first-order valence-electron chi connectivity index (χ1n) is 7.78. The smallest absolute Gasteiger partial charge is 0.367 e. The van der Waals surface area contributed by atoms with Crippen molar-refractivity contribution in [3.8, 4) is 0 Å². The highest BCUT2D eigenvalue weighted by molar-refractivity contribution is 7.89. The molecule has 1 aliphatic heterocycles. The van der Waals surface area contributed by atoms with Crippen LogP contribution < -0.4 is 0 Å². The van der Waals surface area contributed by atoms with Crippen LogP contribution in [0.3, 0.4) is 0 Å². The van der Waals surface area contributed by atoms with Crippen LogP contribution in [0.15, 0.2) is 41.6 Å². The van der Waals surface area contributed by atoms with E-state index >= 15 is 0 Å². The van der Waals surface area contributed by atoms with E-state index in [9.17, 15) is 21.6 Å². The zero-order valence-corrected chi connectivity index (χ0v) is 14.1. The number of pyridine rings is 1. The summed E-state index contributed by atoms with van der Waals surface area (Å²) in [6.45, 7) is -1.19. The quantitative estimate of drug-likeness (QED) is 0.826. The van der Waals surface area contributed by atoms with Gasteiger partial charge in [0.2, 0.25) is 10.0 Å². The third-order valence-electron chi connectivity index (χ3n) is 4.08. The van der Waals surface area contributed by atoms with Crippen LogP contribution in [-0.4, -0.2) is 49.7 Å². The molecule has 136 valence electrons. The van der Waals surface area contributed by atoms with E-state index in [-0.39, 0.29) is 18.0 Å². The Bertz CT molecular complexity index is 850. The molecule has 2 heterocycles. The third kappa shape index (κ3) is 4.10. The number of halogens is 3. The van der Waals surface area contributed by atoms with Gasteiger partial charge in [-0.05, 0) is 25.0 Å². The van der Waals surface area contributed by atoms with Gasteiger partial charge < -0.3 is 4.74 Å². The molecule has 1 aromatic heterocycles. The molecular formula is C16H17F3N2O3S. The fraction of sp³-hybridized carbons (Fsp3) is 0.438. The fourth-order valence-electron chi connectivity index (χ4n) is 2.93. The average Bonchev–Trinajstić information content (AvgIpc) is 2.59. The van der Waals surface area contributed by atoms with Crippen molar-refractivity contribution in [2.75, 3.05) is 19.7 Å². The van der Waals surface area contributed by atoms with E-state index in [1.54, 1.807) is 24.4 Å². The zero-order valence-electron chi connectivity index (χ0n) is 13.2. The Morgan fingerprint density at radius 1 is 1.28 bits per heavy atom. The van der Waals surface area contributed by atoms with E-state index in [1.807, 2.05) is 0 Å². The van der Waals surface area contributed by atoms with Gasteiger partial charge in [0.25, 0.3) is 0 Å². The lowest BCUT2D eigenvalue weighted by atomic mass is 10.1. The van der Waals surface area contributed by atoms with Crippen molar-refractivity contribution in [3.63, 3.8) is 0 Å². The molecule has 1 fully saturated rings. The number of ether oxygens (including phenoxy) is 1. The van der Waals surface area contributed by atoms with Crippen LogP contribution in [0.1, 0.15) is 12.8 Å². The lowest BCUT2D eigenvalue weighted by Crippen LogP contribution is -2.44. The van der Waals surface area contributed by atoms with Gasteiger partial charge in [0.05, 0.1) is 11.0 Å². The number of nitrogens with zero attached hydrogens (tertiary/aromatic N) is 2. The van der Waals surface area contributed by atoms with Crippen molar-refractivity contribution in [1.82, 2.24) is 9.29 Å². The van der Waals surface area contributed by atoms with Gasteiger partial charge >= 0.3 is 6.18 Å². The number of piperidine rings is 1. The van der Waals surface area contributed by atoms with Gasteiger partial charge in [0, 0.05) is 36.3 Å². The summed E-state index contributed by atoms with van der Waals surface area (Å²) in [5.74, 6) is 0. The Morgan fingerprint density at radius 3 is 2.84 bits per heavy atom. The Hall–Kier alpha value is -1.71. The van der Waals surface area contributed by atoms with E-state index in [4.69, 9.17) is 4.74 Å². The number of sulfonamides is 1. The topological polar surface area (TPSA) is 59.5 Å². The average molecular weight is 374 g/mol. The van der Waals surface area contributed by atoms with Gasteiger partial charge in [0.15, 0.2) is 0 Å². The first kappa shape index (κ1) is 18.1. The lowest BCUT2D eigenvalue weighted by molar-refractivity contribution is -0.188. The van der Waals surface area contributed by atoms with Crippen molar-refractivity contribution >= 4 is 20.8 Å². The summed E-state index contributed by atoms with van der Waals surface area (Å²) in [5.41, 5.74) is 0. The van der Waals surface area contributed by atoms with Crippen LogP contribution in [0.5, 0.6) is 0 Å². The summed E-state index contributed by atoms with van der Waals surface area (Å²) in [4.78, 5) is 4.10. The van der Waals surface area contributed by atoms with Crippen LogP contribution in [0.4, 0.5) is 13.2 Å². The highest BCUT2D eigenvalue weighted by Crippen LogP contribution is 2.28. The molecule has 1 aliphatic rings. The Kier molecular flexibility index (Phi) is 4.99. The van der Waals surface area contributed by atoms with Gasteiger partial charge in [-0.15, -0.1) is 0 Å². The highest BCUT2D eigenvalue weighted by atomic mass is 32.2. The number of fused-ring (bicyclic) bond motifs is 1. The lowest BCUT2D eigenvalue weighted by Gasteiger charge is -2.32. The maximum Gasteiger partial charge on any atom is 0.411 e. The van der Waals surface area contributed by atoms with Crippen molar-refractivity contribution in [2.45, 2.75) is 30.0 Å². The molecule has 0 N–H and O–H groups in total. The van der Waals surface area contributed by atoms with Crippen LogP contribution in [0.25, 0.3) is 10.8 Å². The molecule has 1 atom stereocenters. The largest absolute Gasteiger partial charge is 0.411 e. The second kappa shape index (κ2) is 6.89. The maximum atomic E-state index is 13.0. The summed E-state index contributed by atoms with van der Waals surface area (Å²) in [7, 11) is -3.83. The molecule has 0 aliphatic carbocycles. The molecule has 0 bridgehead atoms. The zero-order chi connectivity index (χ0) is 18.1. The van der Waals surface area contributed by atoms with Crippen molar-refractivity contribution in [2.24, 2.45) is 0 Å². The van der Waals surface area contributed by atoms with E-state index in [2.05, 4.69) is 4.98 Å². The summed E-state index contributed by atoms with van der Waals surface area (Å²) in [6, 6.07) is 6.49. The molecule has 2 aromatic rings. The van der Waals surface area contributed by atoms with Crippen LogP contribution >= 0.6 is 0 Å². The summed E-state index contributed by atoms with van der Waals surface area (Å²) >= 11 is 0. The number of hydrogen-bond acceptors (Lipinski definition) is 4. The van der Waals surface area contributed by atoms with Crippen LogP contribution in [0, 0.1) is 0 Å². The normalized spacial score (nSPS) is 20.0. The molecule has 0 radical (unpaired) electrons. The van der Waals surface area contributed by atoms with E-state index in [0.717, 1.165) is 0 Å². The molecule has 9 heteroatoms. The monoisotopic (exact) mass is 374 g/mol. The van der Waals surface area contributed by atoms with E-state index in [0.29, 0.717) is 23.6 Å². The minimum atomic E-state index is -4.43. The second-order valence-corrected chi connectivity index (χ2v) is 7.81. The third-order valence-corrected chi connectivity index (χ3v) is 6.01. The fourth-order valence-corrected chi connectivity index (χ4v) is 4.65. The Balaban J connectivity index is 1.84. The number of benzene rings is 1. The molecule has 25 heavy (non-hydrogen) atoms. The molecular weight excluding hydrogens is 357 g/mol. The molecule has 1 unspecified atom stereocenters. The number of aromatic nitrogens is 1. The van der Waals surface area contributed by atoms with Gasteiger partial charge in [-0.1, -0.05) is 12.1 Å².